The Balaban J connectivity index is 2.72. The predicted molar refractivity (Wildman–Crippen MR) is 44.6 cm³/mol. The smallest absolute Gasteiger partial charge is 0.134 e. The minimum atomic E-state index is -1.32. The molecule has 0 heterocycles. The zero-order chi connectivity index (χ0) is 9.84. The van der Waals surface area contributed by atoms with E-state index in [1.807, 2.05) is 0 Å². The molecular weight excluding hydrogens is 243 g/mol. The number of aliphatic carboxylic acids is 1. The van der Waals surface area contributed by atoms with E-state index < -0.39 is 18.4 Å². The molecule has 70 valence electrons. The highest BCUT2D eigenvalue weighted by atomic mass is 79.9. The third kappa shape index (κ3) is 3.02. The van der Waals surface area contributed by atoms with Gasteiger partial charge in [0.25, 0.3) is 0 Å². The SMILES string of the molecule is O=C([O-])COc1ccc(F)cc1Br. The number of rotatable bonds is 3. The Morgan fingerprint density at radius 3 is 2.85 bits per heavy atom. The van der Waals surface area contributed by atoms with Crippen molar-refractivity contribution in [1.29, 1.82) is 0 Å². The van der Waals surface area contributed by atoms with Crippen LogP contribution in [0.4, 0.5) is 4.39 Å². The van der Waals surface area contributed by atoms with E-state index in [4.69, 9.17) is 4.74 Å². The minimum Gasteiger partial charge on any atom is -0.546 e. The Morgan fingerprint density at radius 2 is 2.31 bits per heavy atom. The summed E-state index contributed by atoms with van der Waals surface area (Å²) >= 11 is 3.02. The fraction of sp³-hybridized carbons (Fsp3) is 0.125. The van der Waals surface area contributed by atoms with Gasteiger partial charge in [0.15, 0.2) is 0 Å². The second-order valence-electron chi connectivity index (χ2n) is 2.24. The zero-order valence-corrected chi connectivity index (χ0v) is 8.01. The van der Waals surface area contributed by atoms with Gasteiger partial charge in [0.2, 0.25) is 0 Å². The lowest BCUT2D eigenvalue weighted by molar-refractivity contribution is -0.307. The summed E-state index contributed by atoms with van der Waals surface area (Å²) < 4.78 is 17.7. The topological polar surface area (TPSA) is 49.4 Å². The van der Waals surface area contributed by atoms with Crippen LogP contribution in [-0.2, 0) is 4.79 Å². The Morgan fingerprint density at radius 1 is 1.62 bits per heavy atom. The van der Waals surface area contributed by atoms with Crippen LogP contribution < -0.4 is 9.84 Å². The monoisotopic (exact) mass is 247 g/mol. The van der Waals surface area contributed by atoms with Crippen molar-refractivity contribution in [2.75, 3.05) is 6.61 Å². The Bertz CT molecular complexity index is 327. The van der Waals surface area contributed by atoms with Crippen LogP contribution >= 0.6 is 15.9 Å². The summed E-state index contributed by atoms with van der Waals surface area (Å²) in [5, 5.41) is 10.0. The normalized spacial score (nSPS) is 9.69. The van der Waals surface area contributed by atoms with Gasteiger partial charge in [0.05, 0.1) is 10.4 Å². The first kappa shape index (κ1) is 9.98. The molecule has 0 aromatic heterocycles. The van der Waals surface area contributed by atoms with Gasteiger partial charge in [-0.05, 0) is 34.1 Å². The highest BCUT2D eigenvalue weighted by Crippen LogP contribution is 2.25. The molecule has 1 aromatic carbocycles. The second-order valence-corrected chi connectivity index (χ2v) is 3.09. The summed E-state index contributed by atoms with van der Waals surface area (Å²) in [6, 6.07) is 3.70. The number of carbonyl (C=O) groups is 1. The molecule has 0 radical (unpaired) electrons. The fourth-order valence-corrected chi connectivity index (χ4v) is 1.19. The maximum Gasteiger partial charge on any atom is 0.134 e. The van der Waals surface area contributed by atoms with Gasteiger partial charge in [-0.15, -0.1) is 0 Å². The van der Waals surface area contributed by atoms with E-state index in [1.54, 1.807) is 0 Å². The largest absolute Gasteiger partial charge is 0.546 e. The van der Waals surface area contributed by atoms with E-state index in [0.717, 1.165) is 0 Å². The number of hydrogen-bond donors (Lipinski definition) is 0. The molecule has 0 aliphatic heterocycles. The molecule has 0 bridgehead atoms. The molecule has 0 amide bonds. The quantitative estimate of drug-likeness (QED) is 0.791. The summed E-state index contributed by atoms with van der Waals surface area (Å²) in [5.41, 5.74) is 0. The van der Waals surface area contributed by atoms with Crippen LogP contribution in [0.15, 0.2) is 22.7 Å². The van der Waals surface area contributed by atoms with Crippen molar-refractivity contribution in [1.82, 2.24) is 0 Å². The molecule has 13 heavy (non-hydrogen) atoms. The van der Waals surface area contributed by atoms with E-state index >= 15 is 0 Å². The molecule has 0 fully saturated rings. The van der Waals surface area contributed by atoms with Crippen molar-refractivity contribution >= 4 is 21.9 Å². The van der Waals surface area contributed by atoms with E-state index in [1.165, 1.54) is 18.2 Å². The fourth-order valence-electron chi connectivity index (χ4n) is 0.729. The van der Waals surface area contributed by atoms with Gasteiger partial charge in [0, 0.05) is 0 Å². The van der Waals surface area contributed by atoms with Crippen LogP contribution in [0.1, 0.15) is 0 Å². The molecule has 0 aliphatic carbocycles. The van der Waals surface area contributed by atoms with E-state index in [0.29, 0.717) is 4.47 Å². The number of carboxylic acid groups (broad SMARTS) is 1. The number of carboxylic acids is 1. The van der Waals surface area contributed by atoms with E-state index in [-0.39, 0.29) is 5.75 Å². The molecule has 0 saturated heterocycles. The maximum atomic E-state index is 12.5. The maximum absolute atomic E-state index is 12.5. The van der Waals surface area contributed by atoms with Gasteiger partial charge in [-0.3, -0.25) is 0 Å². The third-order valence-electron chi connectivity index (χ3n) is 1.24. The predicted octanol–water partition coefficient (Wildman–Crippen LogP) is 0.717. The molecule has 0 N–H and O–H groups in total. The van der Waals surface area contributed by atoms with Crippen molar-refractivity contribution in [3.05, 3.63) is 28.5 Å². The Hall–Kier alpha value is -1.10. The number of ether oxygens (including phenoxy) is 1. The van der Waals surface area contributed by atoms with Gasteiger partial charge in [-0.25, -0.2) is 4.39 Å². The number of carbonyl (C=O) groups excluding carboxylic acids is 1. The summed E-state index contributed by atoms with van der Waals surface area (Å²) in [6.07, 6.45) is 0. The Labute approximate surface area is 82.3 Å². The number of halogens is 2. The molecule has 0 unspecified atom stereocenters. The lowest BCUT2D eigenvalue weighted by Gasteiger charge is -2.07. The first-order valence-electron chi connectivity index (χ1n) is 3.37. The van der Waals surface area contributed by atoms with Gasteiger partial charge in [0.1, 0.15) is 18.2 Å². The molecule has 1 rings (SSSR count). The molecule has 0 aliphatic rings. The van der Waals surface area contributed by atoms with Crippen molar-refractivity contribution in [3.63, 3.8) is 0 Å². The number of hydrogen-bond acceptors (Lipinski definition) is 3. The molecule has 1 aromatic rings. The van der Waals surface area contributed by atoms with Crippen LogP contribution in [0, 0.1) is 5.82 Å². The zero-order valence-electron chi connectivity index (χ0n) is 6.42. The average Bonchev–Trinajstić information content (AvgIpc) is 2.02. The van der Waals surface area contributed by atoms with E-state index in [9.17, 15) is 14.3 Å². The van der Waals surface area contributed by atoms with Crippen molar-refractivity contribution in [2.45, 2.75) is 0 Å². The van der Waals surface area contributed by atoms with Crippen LogP contribution in [0.2, 0.25) is 0 Å². The first-order valence-corrected chi connectivity index (χ1v) is 4.16. The highest BCUT2D eigenvalue weighted by Gasteiger charge is 2.01. The van der Waals surface area contributed by atoms with Crippen molar-refractivity contribution in [3.8, 4) is 5.75 Å². The molecule has 3 nitrogen and oxygen atoms in total. The summed E-state index contributed by atoms with van der Waals surface area (Å²) in [6.45, 7) is -0.551. The van der Waals surface area contributed by atoms with Gasteiger partial charge >= 0.3 is 0 Å². The molecule has 0 atom stereocenters. The molecule has 0 spiro atoms. The van der Waals surface area contributed by atoms with Crippen molar-refractivity contribution < 1.29 is 19.0 Å². The van der Waals surface area contributed by atoms with Crippen LogP contribution in [-0.4, -0.2) is 12.6 Å². The van der Waals surface area contributed by atoms with Gasteiger partial charge < -0.3 is 14.6 Å². The van der Waals surface area contributed by atoms with Crippen LogP contribution in [0.25, 0.3) is 0 Å². The highest BCUT2D eigenvalue weighted by molar-refractivity contribution is 9.10. The summed E-state index contributed by atoms with van der Waals surface area (Å²) in [5.74, 6) is -1.48. The summed E-state index contributed by atoms with van der Waals surface area (Å²) in [4.78, 5) is 10.0. The van der Waals surface area contributed by atoms with Crippen molar-refractivity contribution in [2.24, 2.45) is 0 Å². The second kappa shape index (κ2) is 4.23. The average molecular weight is 248 g/mol. The van der Waals surface area contributed by atoms with E-state index in [2.05, 4.69) is 15.9 Å². The summed E-state index contributed by atoms with van der Waals surface area (Å²) in [7, 11) is 0. The standard InChI is InChI=1S/C8H6BrFO3/c9-6-3-5(10)1-2-7(6)13-4-8(11)12/h1-3H,4H2,(H,11,12)/p-1. The molecule has 5 heteroatoms. The molecule has 0 saturated carbocycles. The first-order chi connectivity index (χ1) is 6.09. The Kier molecular flexibility index (Phi) is 3.25. The van der Waals surface area contributed by atoms with Gasteiger partial charge in [-0.2, -0.15) is 0 Å². The van der Waals surface area contributed by atoms with Crippen LogP contribution in [0.5, 0.6) is 5.75 Å². The minimum absolute atomic E-state index is 0.269. The number of benzene rings is 1. The molecular formula is C8H5BrFO3-. The lowest BCUT2D eigenvalue weighted by Crippen LogP contribution is -2.29. The third-order valence-corrected chi connectivity index (χ3v) is 1.86. The van der Waals surface area contributed by atoms with Gasteiger partial charge in [-0.1, -0.05) is 0 Å². The van der Waals surface area contributed by atoms with Crippen LogP contribution in [0.3, 0.4) is 0 Å². The lowest BCUT2D eigenvalue weighted by atomic mass is 10.3.